The molecule has 0 unspecified atom stereocenters. The summed E-state index contributed by atoms with van der Waals surface area (Å²) in [5, 5.41) is 3.52. The van der Waals surface area contributed by atoms with E-state index >= 15 is 0 Å². The highest BCUT2D eigenvalue weighted by Gasteiger charge is 2.33. The average molecular weight is 446 g/mol. The van der Waals surface area contributed by atoms with E-state index in [2.05, 4.69) is 16.0 Å². The summed E-state index contributed by atoms with van der Waals surface area (Å²) in [4.78, 5) is 15.3. The number of aromatic nitrogens is 1. The van der Waals surface area contributed by atoms with Gasteiger partial charge in [-0.3, -0.25) is 0 Å². The maximum atomic E-state index is 14.1. The lowest BCUT2D eigenvalue weighted by molar-refractivity contribution is 0.194. The number of aryl methyl sites for hydroxylation is 1. The van der Waals surface area contributed by atoms with Crippen molar-refractivity contribution in [1.82, 2.24) is 9.47 Å². The lowest BCUT2D eigenvalue weighted by atomic mass is 10.0. The van der Waals surface area contributed by atoms with Gasteiger partial charge in [0.25, 0.3) is 0 Å². The van der Waals surface area contributed by atoms with Crippen LogP contribution in [0.3, 0.4) is 0 Å². The molecule has 0 saturated carbocycles. The van der Waals surface area contributed by atoms with Crippen molar-refractivity contribution in [3.05, 3.63) is 118 Å². The molecule has 1 aliphatic rings. The van der Waals surface area contributed by atoms with Crippen LogP contribution in [0.2, 0.25) is 5.02 Å². The highest BCUT2D eigenvalue weighted by Crippen LogP contribution is 2.37. The second-order valence-corrected chi connectivity index (χ2v) is 8.34. The lowest BCUT2D eigenvalue weighted by Gasteiger charge is -2.31. The largest absolute Gasteiger partial charge is 0.322 e. The maximum absolute atomic E-state index is 14.1. The molecule has 1 aliphatic heterocycles. The van der Waals surface area contributed by atoms with Crippen molar-refractivity contribution in [1.29, 1.82) is 0 Å². The molecule has 0 bridgehead atoms. The maximum Gasteiger partial charge on any atom is 0.322 e. The quantitative estimate of drug-likeness (QED) is 0.365. The minimum atomic E-state index is -0.357. The summed E-state index contributed by atoms with van der Waals surface area (Å²) in [7, 11) is 0. The molecule has 1 N–H and O–H groups in total. The molecule has 160 valence electrons. The molecule has 32 heavy (non-hydrogen) atoms. The van der Waals surface area contributed by atoms with Crippen molar-refractivity contribution in [2.24, 2.45) is 0 Å². The topological polar surface area (TPSA) is 37.3 Å². The number of nitrogens with zero attached hydrogens (tertiary/aromatic N) is 2. The number of carbonyl (C=O) groups excluding carboxylic acids is 1. The zero-order valence-corrected chi connectivity index (χ0v) is 18.2. The van der Waals surface area contributed by atoms with Crippen LogP contribution in [0.4, 0.5) is 14.9 Å². The molecule has 6 heteroatoms. The van der Waals surface area contributed by atoms with E-state index in [-0.39, 0.29) is 17.9 Å². The second-order valence-electron chi connectivity index (χ2n) is 7.91. The van der Waals surface area contributed by atoms with Gasteiger partial charge in [-0.15, -0.1) is 0 Å². The third-order valence-corrected chi connectivity index (χ3v) is 6.09. The van der Waals surface area contributed by atoms with E-state index in [1.807, 2.05) is 60.8 Å². The van der Waals surface area contributed by atoms with Crippen LogP contribution in [0.25, 0.3) is 5.69 Å². The van der Waals surface area contributed by atoms with Gasteiger partial charge >= 0.3 is 6.03 Å². The first kappa shape index (κ1) is 20.3. The minimum Gasteiger partial charge on any atom is -0.318 e. The van der Waals surface area contributed by atoms with Crippen molar-refractivity contribution in [3.63, 3.8) is 0 Å². The molecule has 0 radical (unpaired) electrons. The fourth-order valence-corrected chi connectivity index (χ4v) is 4.33. The highest BCUT2D eigenvalue weighted by molar-refractivity contribution is 6.30. The summed E-state index contributed by atoms with van der Waals surface area (Å²) in [5.41, 5.74) is 4.90. The fraction of sp³-hybridized carbons (Fsp3) is 0.115. The summed E-state index contributed by atoms with van der Waals surface area (Å²) >= 11 is 6.14. The van der Waals surface area contributed by atoms with Crippen molar-refractivity contribution in [3.8, 4) is 5.69 Å². The van der Waals surface area contributed by atoms with Crippen LogP contribution in [0, 0.1) is 12.7 Å². The first-order valence-corrected chi connectivity index (χ1v) is 10.7. The number of carbonyl (C=O) groups is 1. The number of rotatable bonds is 2. The zero-order chi connectivity index (χ0) is 22.2. The Bertz CT molecular complexity index is 1300. The summed E-state index contributed by atoms with van der Waals surface area (Å²) in [6.45, 7) is 2.09. The molecule has 1 atom stereocenters. The molecule has 4 nitrogen and oxygen atoms in total. The standard InChI is InChI=1S/C26H21ClFN3O/c1-17-8-13-21(15-22(17)28)29-26(32)31-16-19-5-2-3-6-23(19)30-14-4-7-24(30)25(31)18-9-11-20(27)12-10-18/h2-15,25H,16H2,1H3,(H,29,32)/t25-/m0/s1. The Morgan fingerprint density at radius 2 is 1.81 bits per heavy atom. The number of hydrogen-bond donors (Lipinski definition) is 1. The number of hydrogen-bond acceptors (Lipinski definition) is 1. The van der Waals surface area contributed by atoms with Gasteiger partial charge in [0.2, 0.25) is 0 Å². The zero-order valence-electron chi connectivity index (χ0n) is 17.4. The van der Waals surface area contributed by atoms with Crippen LogP contribution in [-0.2, 0) is 6.54 Å². The number of benzene rings is 3. The summed E-state index contributed by atoms with van der Waals surface area (Å²) < 4.78 is 16.2. The van der Waals surface area contributed by atoms with Gasteiger partial charge in [0.1, 0.15) is 5.82 Å². The molecule has 2 amide bonds. The summed E-state index contributed by atoms with van der Waals surface area (Å²) in [6, 6.07) is 23.6. The van der Waals surface area contributed by atoms with E-state index < -0.39 is 0 Å². The van der Waals surface area contributed by atoms with E-state index in [1.54, 1.807) is 24.0 Å². The fourth-order valence-electron chi connectivity index (χ4n) is 4.20. The van der Waals surface area contributed by atoms with Gasteiger partial charge in [-0.25, -0.2) is 9.18 Å². The molecule has 5 rings (SSSR count). The number of halogens is 2. The van der Waals surface area contributed by atoms with E-state index in [0.717, 1.165) is 22.5 Å². The molecule has 1 aromatic heterocycles. The van der Waals surface area contributed by atoms with Crippen molar-refractivity contribution in [2.45, 2.75) is 19.5 Å². The van der Waals surface area contributed by atoms with Crippen LogP contribution in [-0.4, -0.2) is 15.5 Å². The van der Waals surface area contributed by atoms with E-state index in [1.165, 1.54) is 6.07 Å². The summed E-state index contributed by atoms with van der Waals surface area (Å²) in [6.07, 6.45) is 2.01. The van der Waals surface area contributed by atoms with Gasteiger partial charge in [0.05, 0.1) is 18.3 Å². The van der Waals surface area contributed by atoms with Crippen molar-refractivity contribution < 1.29 is 9.18 Å². The Morgan fingerprint density at radius 1 is 1.03 bits per heavy atom. The predicted molar refractivity (Wildman–Crippen MR) is 125 cm³/mol. The molecule has 0 fully saturated rings. The molecular formula is C26H21ClFN3O. The van der Waals surface area contributed by atoms with Crippen molar-refractivity contribution in [2.75, 3.05) is 5.32 Å². The molecule has 0 aliphatic carbocycles. The van der Waals surface area contributed by atoms with Gasteiger partial charge in [0.15, 0.2) is 0 Å². The third kappa shape index (κ3) is 3.65. The Hall–Kier alpha value is -3.57. The second kappa shape index (κ2) is 8.17. The number of urea groups is 1. The number of para-hydroxylation sites is 1. The van der Waals surface area contributed by atoms with Crippen LogP contribution in [0.15, 0.2) is 85.1 Å². The van der Waals surface area contributed by atoms with Crippen LogP contribution < -0.4 is 5.32 Å². The highest BCUT2D eigenvalue weighted by atomic mass is 35.5. The van der Waals surface area contributed by atoms with Gasteiger partial charge in [-0.05, 0) is 66.1 Å². The molecular weight excluding hydrogens is 425 g/mol. The first-order chi connectivity index (χ1) is 15.5. The Kier molecular flexibility index (Phi) is 5.19. The normalized spacial score (nSPS) is 15.0. The molecule has 3 aromatic carbocycles. The monoisotopic (exact) mass is 445 g/mol. The van der Waals surface area contributed by atoms with Gasteiger partial charge < -0.3 is 14.8 Å². The Morgan fingerprint density at radius 3 is 2.59 bits per heavy atom. The molecule has 0 saturated heterocycles. The number of anilines is 1. The predicted octanol–water partition coefficient (Wildman–Crippen LogP) is 6.72. The molecule has 2 heterocycles. The van der Waals surface area contributed by atoms with Crippen molar-refractivity contribution >= 4 is 23.3 Å². The number of amides is 2. The van der Waals surface area contributed by atoms with Crippen LogP contribution in [0.1, 0.15) is 28.4 Å². The molecule has 4 aromatic rings. The van der Waals surface area contributed by atoms with E-state index in [4.69, 9.17) is 11.6 Å². The Labute approximate surface area is 190 Å². The van der Waals surface area contributed by atoms with Crippen LogP contribution >= 0.6 is 11.6 Å². The smallest absolute Gasteiger partial charge is 0.318 e. The van der Waals surface area contributed by atoms with Gasteiger partial charge in [-0.2, -0.15) is 0 Å². The Balaban J connectivity index is 1.61. The minimum absolute atomic E-state index is 0.308. The van der Waals surface area contributed by atoms with E-state index in [0.29, 0.717) is 22.8 Å². The molecule has 0 spiro atoms. The number of nitrogens with one attached hydrogen (secondary N) is 1. The number of fused-ring (bicyclic) bond motifs is 3. The summed E-state index contributed by atoms with van der Waals surface area (Å²) in [5.74, 6) is -0.355. The average Bonchev–Trinajstić information content (AvgIpc) is 3.21. The van der Waals surface area contributed by atoms with Gasteiger partial charge in [-0.1, -0.05) is 48.0 Å². The van der Waals surface area contributed by atoms with E-state index in [9.17, 15) is 9.18 Å². The van der Waals surface area contributed by atoms with Crippen LogP contribution in [0.5, 0.6) is 0 Å². The van der Waals surface area contributed by atoms with Gasteiger partial charge in [0, 0.05) is 22.6 Å². The lowest BCUT2D eigenvalue weighted by Crippen LogP contribution is -2.37. The first-order valence-electron chi connectivity index (χ1n) is 10.4. The third-order valence-electron chi connectivity index (χ3n) is 5.83. The SMILES string of the molecule is Cc1ccc(NC(=O)N2Cc3ccccc3-n3cccc3[C@@H]2c2ccc(Cl)cc2)cc1F.